The molecule has 3 nitrogen and oxygen atoms in total. The summed E-state index contributed by atoms with van der Waals surface area (Å²) in [5.74, 6) is 0. The first-order valence-corrected chi connectivity index (χ1v) is 14.5. The summed E-state index contributed by atoms with van der Waals surface area (Å²) in [4.78, 5) is 14.2. The molecule has 9 aromatic rings. The Balaban J connectivity index is 1.34. The summed E-state index contributed by atoms with van der Waals surface area (Å²) in [5, 5.41) is 7.93. The second-order valence-electron chi connectivity index (χ2n) is 10.9. The van der Waals surface area contributed by atoms with Gasteiger partial charge in [0.05, 0.1) is 27.9 Å². The average molecular weight is 564 g/mol. The van der Waals surface area contributed by atoms with E-state index in [0.29, 0.717) is 5.56 Å². The Bertz CT molecular complexity index is 2740. The highest BCUT2D eigenvalue weighted by molar-refractivity contribution is 6.23. The molecule has 0 aliphatic rings. The normalized spacial score (nSPS) is 12.9. The molecule has 0 saturated carbocycles. The Labute approximate surface area is 259 Å². The lowest BCUT2D eigenvalue weighted by atomic mass is 9.85. The molecule has 0 atom stereocenters. The number of aromatic nitrogens is 3. The maximum Gasteiger partial charge on any atom is 0.0972 e. The van der Waals surface area contributed by atoms with Crippen LogP contribution < -0.4 is 0 Å². The van der Waals surface area contributed by atoms with Crippen molar-refractivity contribution in [1.29, 1.82) is 0 Å². The molecule has 0 radical (unpaired) electrons. The van der Waals surface area contributed by atoms with Crippen molar-refractivity contribution in [2.24, 2.45) is 0 Å². The molecule has 0 bridgehead atoms. The highest BCUT2D eigenvalue weighted by atomic mass is 14.8. The maximum absolute atomic E-state index is 8.78. The molecule has 3 heterocycles. The lowest BCUT2D eigenvalue weighted by molar-refractivity contribution is 1.34. The topological polar surface area (TPSA) is 38.7 Å². The zero-order chi connectivity index (χ0) is 32.5. The fraction of sp³-hybridized carbons (Fsp3) is 0. The van der Waals surface area contributed by atoms with E-state index in [-0.39, 0.29) is 30.0 Å². The van der Waals surface area contributed by atoms with Gasteiger partial charge in [-0.3, -0.25) is 9.97 Å². The molecule has 9 rings (SSSR count). The number of rotatable bonds is 3. The van der Waals surface area contributed by atoms with E-state index in [1.165, 1.54) is 0 Å². The van der Waals surface area contributed by atoms with Gasteiger partial charge in [-0.25, -0.2) is 4.98 Å². The molecule has 0 fully saturated rings. The van der Waals surface area contributed by atoms with Gasteiger partial charge in [0.1, 0.15) is 0 Å². The van der Waals surface area contributed by atoms with Crippen molar-refractivity contribution in [2.75, 3.05) is 0 Å². The molecule has 6 aromatic carbocycles. The summed E-state index contributed by atoms with van der Waals surface area (Å²) >= 11 is 0. The molecule has 0 amide bonds. The molecule has 3 heteroatoms. The first kappa shape index (κ1) is 20.9. The van der Waals surface area contributed by atoms with E-state index in [2.05, 4.69) is 88.8 Å². The van der Waals surface area contributed by atoms with E-state index < -0.39 is 0 Å². The Hall–Kier alpha value is -5.93. The summed E-state index contributed by atoms with van der Waals surface area (Å²) in [7, 11) is 0. The van der Waals surface area contributed by atoms with E-state index in [9.17, 15) is 0 Å². The van der Waals surface area contributed by atoms with Gasteiger partial charge in [-0.15, -0.1) is 0 Å². The molecule has 0 unspecified atom stereocenters. The predicted molar refractivity (Wildman–Crippen MR) is 184 cm³/mol. The third-order valence-corrected chi connectivity index (χ3v) is 8.54. The molecule has 0 N–H and O–H groups in total. The van der Waals surface area contributed by atoms with Crippen LogP contribution in [0.2, 0.25) is 0 Å². The molecule has 44 heavy (non-hydrogen) atoms. The highest BCUT2D eigenvalue weighted by Gasteiger charge is 2.19. The van der Waals surface area contributed by atoms with Gasteiger partial charge in [0.15, 0.2) is 0 Å². The molecule has 204 valence electrons. The number of benzene rings is 6. The van der Waals surface area contributed by atoms with Gasteiger partial charge in [-0.2, -0.15) is 0 Å². The zero-order valence-electron chi connectivity index (χ0n) is 27.5. The number of hydrogen-bond acceptors (Lipinski definition) is 3. The van der Waals surface area contributed by atoms with Gasteiger partial charge >= 0.3 is 0 Å². The van der Waals surface area contributed by atoms with E-state index >= 15 is 0 Å². The van der Waals surface area contributed by atoms with Gasteiger partial charge in [0.25, 0.3) is 0 Å². The van der Waals surface area contributed by atoms with E-state index in [0.717, 1.165) is 76.5 Å². The van der Waals surface area contributed by atoms with Gasteiger partial charge in [0.2, 0.25) is 0 Å². The van der Waals surface area contributed by atoms with Crippen LogP contribution in [0.3, 0.4) is 0 Å². The Morgan fingerprint density at radius 1 is 0.432 bits per heavy atom. The van der Waals surface area contributed by atoms with Crippen LogP contribution >= 0.6 is 0 Å². The third-order valence-electron chi connectivity index (χ3n) is 8.54. The molecule has 0 spiro atoms. The van der Waals surface area contributed by atoms with Crippen molar-refractivity contribution < 1.29 is 5.48 Å². The minimum Gasteiger partial charge on any atom is -0.256 e. The smallest absolute Gasteiger partial charge is 0.0972 e. The van der Waals surface area contributed by atoms with Crippen LogP contribution in [0.5, 0.6) is 0 Å². The van der Waals surface area contributed by atoms with Gasteiger partial charge in [-0.1, -0.05) is 115 Å². The van der Waals surface area contributed by atoms with Crippen molar-refractivity contribution in [1.82, 2.24) is 15.0 Å². The summed E-state index contributed by atoms with van der Waals surface area (Å²) < 4.78 is 33.6. The Morgan fingerprint density at radius 3 is 1.75 bits per heavy atom. The van der Waals surface area contributed by atoms with Crippen LogP contribution in [-0.2, 0) is 0 Å². The minimum atomic E-state index is -0.342. The second-order valence-corrected chi connectivity index (χ2v) is 10.9. The van der Waals surface area contributed by atoms with Crippen molar-refractivity contribution in [2.45, 2.75) is 0 Å². The average Bonchev–Trinajstić information content (AvgIpc) is 3.14. The number of fused-ring (bicyclic) bond motifs is 6. The fourth-order valence-corrected chi connectivity index (χ4v) is 6.64. The largest absolute Gasteiger partial charge is 0.256 e. The van der Waals surface area contributed by atoms with Crippen LogP contribution in [0.15, 0.2) is 152 Å². The summed E-state index contributed by atoms with van der Waals surface area (Å²) in [6.07, 6.45) is 1.50. The molecule has 0 saturated heterocycles. The molecule has 0 aliphatic heterocycles. The highest BCUT2D eigenvalue weighted by Crippen LogP contribution is 2.46. The molecule has 3 aromatic heterocycles. The number of nitrogens with zero attached hydrogens (tertiary/aromatic N) is 3. The third kappa shape index (κ3) is 3.73. The second kappa shape index (κ2) is 9.82. The first-order valence-electron chi connectivity index (χ1n) is 16.5. The van der Waals surface area contributed by atoms with Crippen LogP contribution in [-0.4, -0.2) is 15.0 Å². The van der Waals surface area contributed by atoms with Crippen LogP contribution in [0.4, 0.5) is 0 Å². The van der Waals surface area contributed by atoms with Gasteiger partial charge in [-0.05, 0) is 67.7 Å². The van der Waals surface area contributed by atoms with Crippen molar-refractivity contribution in [3.05, 3.63) is 152 Å². The van der Waals surface area contributed by atoms with Crippen LogP contribution in [0.25, 0.3) is 87.8 Å². The summed E-state index contributed by atoms with van der Waals surface area (Å²) in [5.41, 5.74) is 6.70. The van der Waals surface area contributed by atoms with Gasteiger partial charge < -0.3 is 0 Å². The van der Waals surface area contributed by atoms with Crippen LogP contribution in [0.1, 0.15) is 5.48 Å². The number of pyridine rings is 3. The van der Waals surface area contributed by atoms with E-state index in [4.69, 9.17) is 10.5 Å². The first-order chi connectivity index (χ1) is 23.5. The lowest BCUT2D eigenvalue weighted by Crippen LogP contribution is -1.94. The monoisotopic (exact) mass is 563 g/mol. The van der Waals surface area contributed by atoms with Crippen molar-refractivity contribution in [3.8, 4) is 33.6 Å². The Morgan fingerprint density at radius 2 is 1.02 bits per heavy atom. The zero-order valence-corrected chi connectivity index (χ0v) is 23.5. The quantitative estimate of drug-likeness (QED) is 0.159. The van der Waals surface area contributed by atoms with Crippen molar-refractivity contribution >= 4 is 54.1 Å². The number of hydrogen-bond donors (Lipinski definition) is 0. The minimum absolute atomic E-state index is 0.153. The van der Waals surface area contributed by atoms with Crippen molar-refractivity contribution in [3.63, 3.8) is 0 Å². The fourth-order valence-electron chi connectivity index (χ4n) is 6.64. The summed E-state index contributed by atoms with van der Waals surface area (Å²) in [6.45, 7) is 0. The lowest BCUT2D eigenvalue weighted by Gasteiger charge is -2.19. The molecular formula is C41H25N3. The predicted octanol–water partition coefficient (Wildman–Crippen LogP) is 10.6. The summed E-state index contributed by atoms with van der Waals surface area (Å²) in [6, 6.07) is 40.4. The standard InChI is InChI=1S/C41H25N3/c1-2-12-29-28(11-1)30(36-23-20-27-19-18-26-10-9-25-43-40(26)41(27)44-36)21-22-35(29)38-31-13-3-5-15-33(31)39(37-17-7-8-24-42-37)34-16-6-4-14-32(34)38/h1-25H/i7D,8D,17D,24D. The maximum atomic E-state index is 8.78. The Kier molecular flexibility index (Phi) is 4.66. The van der Waals surface area contributed by atoms with E-state index in [1.54, 1.807) is 0 Å². The van der Waals surface area contributed by atoms with E-state index in [1.807, 2.05) is 48.7 Å². The van der Waals surface area contributed by atoms with Crippen LogP contribution in [0, 0.1) is 0 Å². The molecular weight excluding hydrogens is 534 g/mol. The van der Waals surface area contributed by atoms with Gasteiger partial charge in [0, 0.05) is 34.3 Å². The SMILES string of the molecule is [2H]c1nc(-c2c3ccccc3c(-c3ccc(-c4ccc5ccc6cccnc6c5n4)c4ccccc34)c3ccccc23)c([2H])c([2H])c1[2H]. The molecule has 0 aliphatic carbocycles.